The van der Waals surface area contributed by atoms with Crippen molar-refractivity contribution in [3.8, 4) is 11.4 Å². The minimum absolute atomic E-state index is 1.02. The molecule has 0 saturated carbocycles. The Morgan fingerprint density at radius 3 is 1.46 bits per heavy atom. The highest BCUT2D eigenvalue weighted by Crippen LogP contribution is 2.33. The molecule has 0 fully saturated rings. The normalized spacial score (nSPS) is 11.6. The lowest BCUT2D eigenvalue weighted by molar-refractivity contribution is -0.645. The lowest BCUT2D eigenvalue weighted by atomic mass is 10.2. The maximum Gasteiger partial charge on any atom is 0.249 e. The third-order valence-electron chi connectivity index (χ3n) is 5.16. The predicted octanol–water partition coefficient (Wildman–Crippen LogP) is 4.75. The Balaban J connectivity index is 1.88. The van der Waals surface area contributed by atoms with Crippen LogP contribution in [0.15, 0.2) is 82.3 Å². The molecular weight excluding hydrogens is 480 g/mol. The predicted molar refractivity (Wildman–Crippen MR) is 118 cm³/mol. The van der Waals surface area contributed by atoms with Gasteiger partial charge in [0.1, 0.15) is 0 Å². The van der Waals surface area contributed by atoms with Crippen LogP contribution in [0.25, 0.3) is 33.4 Å². The average Bonchev–Trinajstić information content (AvgIpc) is 3.22. The fraction of sp³-hybridized carbons (Fsp3) is 0.0909. The van der Waals surface area contributed by atoms with Crippen LogP contribution in [0.5, 0.6) is 0 Å². The van der Waals surface area contributed by atoms with Crippen LogP contribution in [0, 0.1) is 0 Å². The summed E-state index contributed by atoms with van der Waals surface area (Å²) in [5.41, 5.74) is 6.93. The van der Waals surface area contributed by atoms with Crippen LogP contribution >= 0.6 is 31.9 Å². The van der Waals surface area contributed by atoms with Gasteiger partial charge in [0.15, 0.2) is 33.4 Å². The van der Waals surface area contributed by atoms with E-state index in [2.05, 4.69) is 138 Å². The Morgan fingerprint density at radius 1 is 0.643 bits per heavy atom. The standard InChI is InChI=1S/C22H18Br2N4/c1-25-13-27(19-9-5-3-7-17(19)25)21-11-15(23)16(24)12-22(21)28-14-26(2)18-8-4-6-10-20(18)28/h3-14H,1-2H3/q+2. The first-order valence-corrected chi connectivity index (χ1v) is 10.5. The molecule has 5 rings (SSSR count). The molecule has 0 aliphatic rings. The molecule has 0 unspecified atom stereocenters. The minimum Gasteiger partial charge on any atom is -0.232 e. The van der Waals surface area contributed by atoms with Gasteiger partial charge >= 0.3 is 0 Å². The highest BCUT2D eigenvalue weighted by Gasteiger charge is 2.25. The maximum absolute atomic E-state index is 3.69. The summed E-state index contributed by atoms with van der Waals surface area (Å²) in [6, 6.07) is 21.2. The molecule has 0 N–H and O–H groups in total. The highest BCUT2D eigenvalue weighted by atomic mass is 79.9. The zero-order valence-corrected chi connectivity index (χ0v) is 18.6. The fourth-order valence-corrected chi connectivity index (χ4v) is 4.49. The molecule has 0 spiro atoms. The summed E-state index contributed by atoms with van der Waals surface area (Å²) in [5, 5.41) is 0. The quantitative estimate of drug-likeness (QED) is 0.313. The maximum atomic E-state index is 3.69. The molecule has 3 aromatic carbocycles. The van der Waals surface area contributed by atoms with Gasteiger partial charge in [0.05, 0.1) is 14.1 Å². The largest absolute Gasteiger partial charge is 0.249 e. The molecule has 5 aromatic rings. The van der Waals surface area contributed by atoms with Gasteiger partial charge in [0.25, 0.3) is 0 Å². The second-order valence-electron chi connectivity index (χ2n) is 6.93. The summed E-state index contributed by atoms with van der Waals surface area (Å²) in [5.74, 6) is 0. The third-order valence-corrected chi connectivity index (χ3v) is 7.00. The number of aryl methyl sites for hydroxylation is 2. The van der Waals surface area contributed by atoms with E-state index < -0.39 is 0 Å². The van der Waals surface area contributed by atoms with E-state index in [-0.39, 0.29) is 0 Å². The summed E-state index contributed by atoms with van der Waals surface area (Å²) in [6.45, 7) is 0. The molecule has 0 saturated heterocycles. The molecule has 0 radical (unpaired) electrons. The van der Waals surface area contributed by atoms with Crippen LogP contribution in [0.3, 0.4) is 0 Å². The SMILES string of the molecule is C[n+]1cn(-c2cc(Br)c(Br)cc2-n2c[n+](C)c3ccccc32)c2ccccc21. The van der Waals surface area contributed by atoms with Gasteiger partial charge in [-0.1, -0.05) is 24.3 Å². The summed E-state index contributed by atoms with van der Waals surface area (Å²) >= 11 is 7.39. The fourth-order valence-electron chi connectivity index (χ4n) is 3.82. The van der Waals surface area contributed by atoms with Gasteiger partial charge in [0, 0.05) is 21.1 Å². The van der Waals surface area contributed by atoms with E-state index in [9.17, 15) is 0 Å². The zero-order chi connectivity index (χ0) is 19.4. The van der Waals surface area contributed by atoms with Crippen molar-refractivity contribution in [2.75, 3.05) is 0 Å². The first kappa shape index (κ1) is 17.6. The van der Waals surface area contributed by atoms with Gasteiger partial charge in [0.2, 0.25) is 12.7 Å². The van der Waals surface area contributed by atoms with Crippen molar-refractivity contribution in [3.05, 3.63) is 82.3 Å². The Hall–Kier alpha value is -2.44. The van der Waals surface area contributed by atoms with Crippen LogP contribution in [0.1, 0.15) is 0 Å². The van der Waals surface area contributed by atoms with Crippen molar-refractivity contribution in [3.63, 3.8) is 0 Å². The number of nitrogens with zero attached hydrogens (tertiary/aromatic N) is 4. The number of rotatable bonds is 2. The zero-order valence-electron chi connectivity index (χ0n) is 15.5. The van der Waals surface area contributed by atoms with E-state index in [1.807, 2.05) is 0 Å². The monoisotopic (exact) mass is 496 g/mol. The van der Waals surface area contributed by atoms with Crippen LogP contribution in [0.4, 0.5) is 0 Å². The first-order chi connectivity index (χ1) is 13.5. The lowest BCUT2D eigenvalue weighted by Crippen LogP contribution is -2.25. The van der Waals surface area contributed by atoms with Crippen LogP contribution in [-0.2, 0) is 14.1 Å². The molecular formula is C22H18Br2N4+2. The topological polar surface area (TPSA) is 17.6 Å². The second kappa shape index (κ2) is 6.57. The van der Waals surface area contributed by atoms with E-state index in [1.165, 1.54) is 22.1 Å². The summed E-state index contributed by atoms with van der Waals surface area (Å²) in [6.07, 6.45) is 4.27. The first-order valence-electron chi connectivity index (χ1n) is 8.96. The molecule has 0 amide bonds. The number of fused-ring (bicyclic) bond motifs is 2. The van der Waals surface area contributed by atoms with Crippen molar-refractivity contribution >= 4 is 53.9 Å². The van der Waals surface area contributed by atoms with E-state index in [4.69, 9.17) is 0 Å². The Bertz CT molecular complexity index is 1260. The minimum atomic E-state index is 1.02. The molecule has 2 aromatic heterocycles. The third kappa shape index (κ3) is 2.63. The molecule has 0 bridgehead atoms. The molecule has 138 valence electrons. The lowest BCUT2D eigenvalue weighted by Gasteiger charge is -2.07. The number of hydrogen-bond donors (Lipinski definition) is 0. The summed E-state index contributed by atoms with van der Waals surface area (Å²) < 4.78 is 10.8. The van der Waals surface area contributed by atoms with Gasteiger partial charge in [-0.2, -0.15) is 9.13 Å². The van der Waals surface area contributed by atoms with Crippen molar-refractivity contribution in [2.24, 2.45) is 14.1 Å². The van der Waals surface area contributed by atoms with Crippen molar-refractivity contribution in [1.29, 1.82) is 0 Å². The number of aromatic nitrogens is 4. The molecule has 0 aliphatic carbocycles. The molecule has 4 nitrogen and oxygen atoms in total. The van der Waals surface area contributed by atoms with Crippen molar-refractivity contribution < 1.29 is 9.13 Å². The van der Waals surface area contributed by atoms with Crippen LogP contribution in [-0.4, -0.2) is 9.13 Å². The number of hydrogen-bond acceptors (Lipinski definition) is 0. The Morgan fingerprint density at radius 2 is 1.04 bits per heavy atom. The van der Waals surface area contributed by atoms with E-state index in [0.29, 0.717) is 0 Å². The van der Waals surface area contributed by atoms with Gasteiger partial charge < -0.3 is 0 Å². The number of halogens is 2. The summed E-state index contributed by atoms with van der Waals surface area (Å²) in [4.78, 5) is 0. The number of imidazole rings is 2. The van der Waals surface area contributed by atoms with Crippen LogP contribution < -0.4 is 9.13 Å². The highest BCUT2D eigenvalue weighted by molar-refractivity contribution is 9.13. The number of benzene rings is 3. The van der Waals surface area contributed by atoms with E-state index >= 15 is 0 Å². The van der Waals surface area contributed by atoms with Gasteiger partial charge in [-0.3, -0.25) is 0 Å². The van der Waals surface area contributed by atoms with Crippen molar-refractivity contribution in [1.82, 2.24) is 9.13 Å². The summed E-state index contributed by atoms with van der Waals surface area (Å²) in [7, 11) is 4.16. The van der Waals surface area contributed by atoms with E-state index in [1.54, 1.807) is 0 Å². The molecule has 0 atom stereocenters. The second-order valence-corrected chi connectivity index (χ2v) is 8.63. The Kier molecular flexibility index (Phi) is 4.14. The molecule has 28 heavy (non-hydrogen) atoms. The van der Waals surface area contributed by atoms with Gasteiger partial charge in [-0.25, -0.2) is 9.13 Å². The van der Waals surface area contributed by atoms with E-state index in [0.717, 1.165) is 20.3 Å². The Labute approximate surface area is 179 Å². The van der Waals surface area contributed by atoms with Gasteiger partial charge in [-0.15, -0.1) is 0 Å². The van der Waals surface area contributed by atoms with Crippen LogP contribution in [0.2, 0.25) is 0 Å². The molecule has 0 aliphatic heterocycles. The number of para-hydroxylation sites is 4. The molecule has 6 heteroatoms. The average molecular weight is 498 g/mol. The molecule has 2 heterocycles. The smallest absolute Gasteiger partial charge is 0.232 e. The van der Waals surface area contributed by atoms with Crippen molar-refractivity contribution in [2.45, 2.75) is 0 Å². The van der Waals surface area contributed by atoms with Gasteiger partial charge in [-0.05, 0) is 56.1 Å².